The smallest absolute Gasteiger partial charge is 0.142 e. The van der Waals surface area contributed by atoms with Crippen molar-refractivity contribution < 1.29 is 9.47 Å². The average Bonchev–Trinajstić information content (AvgIpc) is 2.42. The van der Waals surface area contributed by atoms with Crippen LogP contribution in [0.1, 0.15) is 25.8 Å². The highest BCUT2D eigenvalue weighted by atomic mass is 79.9. The highest BCUT2D eigenvalue weighted by Gasteiger charge is 2.28. The molecule has 0 bridgehead atoms. The van der Waals surface area contributed by atoms with Crippen molar-refractivity contribution in [2.24, 2.45) is 0 Å². The van der Waals surface area contributed by atoms with E-state index in [0.29, 0.717) is 0 Å². The molecule has 0 saturated heterocycles. The highest BCUT2D eigenvalue weighted by Crippen LogP contribution is 2.42. The van der Waals surface area contributed by atoms with Gasteiger partial charge >= 0.3 is 0 Å². The molecule has 0 fully saturated rings. The predicted octanol–water partition coefficient (Wildman–Crippen LogP) is 4.74. The largest absolute Gasteiger partial charge is 0.488 e. The van der Waals surface area contributed by atoms with Gasteiger partial charge in [0.15, 0.2) is 0 Å². The molecule has 2 aromatic rings. The third kappa shape index (κ3) is 2.66. The topological polar surface area (TPSA) is 31.4 Å². The number of ether oxygens (including phenoxy) is 2. The minimum absolute atomic E-state index is 0.0973. The SMILES string of the molecule is CC1(C)CCc2c(ccc(Oc3ccncc3)c2Br)O1. The molecule has 20 heavy (non-hydrogen) atoms. The lowest BCUT2D eigenvalue weighted by Gasteiger charge is -2.33. The molecule has 0 atom stereocenters. The Kier molecular flexibility index (Phi) is 3.42. The van der Waals surface area contributed by atoms with E-state index in [-0.39, 0.29) is 5.60 Å². The van der Waals surface area contributed by atoms with E-state index in [2.05, 4.69) is 34.8 Å². The molecule has 1 aliphatic heterocycles. The molecule has 1 aliphatic rings. The third-order valence-corrected chi connectivity index (χ3v) is 4.28. The zero-order valence-corrected chi connectivity index (χ0v) is 13.1. The summed E-state index contributed by atoms with van der Waals surface area (Å²) in [6.45, 7) is 4.23. The zero-order valence-electron chi connectivity index (χ0n) is 11.5. The van der Waals surface area contributed by atoms with E-state index in [1.807, 2.05) is 24.3 Å². The Bertz CT molecular complexity index is 626. The molecular weight excluding hydrogens is 318 g/mol. The Morgan fingerprint density at radius 1 is 1.20 bits per heavy atom. The number of fused-ring (bicyclic) bond motifs is 1. The maximum atomic E-state index is 6.01. The standard InChI is InChI=1S/C16H16BrNO2/c1-16(2)8-5-12-13(20-16)3-4-14(15(12)17)19-11-6-9-18-10-7-11/h3-4,6-7,9-10H,5,8H2,1-2H3. The molecular formula is C16H16BrNO2. The molecule has 0 amide bonds. The van der Waals surface area contributed by atoms with Crippen LogP contribution in [0, 0.1) is 0 Å². The molecule has 3 nitrogen and oxygen atoms in total. The number of halogens is 1. The summed E-state index contributed by atoms with van der Waals surface area (Å²) in [5.41, 5.74) is 1.08. The molecule has 1 aromatic carbocycles. The van der Waals surface area contributed by atoms with Crippen molar-refractivity contribution in [2.45, 2.75) is 32.3 Å². The summed E-state index contributed by atoms with van der Waals surface area (Å²) in [4.78, 5) is 3.98. The third-order valence-electron chi connectivity index (χ3n) is 3.41. The first-order chi connectivity index (χ1) is 9.55. The number of rotatable bonds is 2. The summed E-state index contributed by atoms with van der Waals surface area (Å²) < 4.78 is 12.9. The van der Waals surface area contributed by atoms with Crippen LogP contribution in [-0.2, 0) is 6.42 Å². The summed E-state index contributed by atoms with van der Waals surface area (Å²) in [6, 6.07) is 7.60. The maximum absolute atomic E-state index is 6.01. The summed E-state index contributed by atoms with van der Waals surface area (Å²) in [6.07, 6.45) is 5.41. The molecule has 4 heteroatoms. The van der Waals surface area contributed by atoms with Crippen LogP contribution in [0.4, 0.5) is 0 Å². The van der Waals surface area contributed by atoms with Gasteiger partial charge in [0.05, 0.1) is 4.47 Å². The van der Waals surface area contributed by atoms with E-state index >= 15 is 0 Å². The normalized spacial score (nSPS) is 16.1. The monoisotopic (exact) mass is 333 g/mol. The van der Waals surface area contributed by atoms with E-state index in [0.717, 1.165) is 34.6 Å². The van der Waals surface area contributed by atoms with Gasteiger partial charge in [-0.25, -0.2) is 0 Å². The van der Waals surface area contributed by atoms with E-state index in [1.54, 1.807) is 12.4 Å². The fourth-order valence-electron chi connectivity index (χ4n) is 2.30. The fraction of sp³-hybridized carbons (Fsp3) is 0.312. The van der Waals surface area contributed by atoms with Crippen LogP contribution in [0.15, 0.2) is 41.1 Å². The van der Waals surface area contributed by atoms with Gasteiger partial charge in [0, 0.05) is 18.0 Å². The Balaban J connectivity index is 1.92. The summed E-state index contributed by atoms with van der Waals surface area (Å²) in [7, 11) is 0. The number of hydrogen-bond acceptors (Lipinski definition) is 3. The van der Waals surface area contributed by atoms with E-state index in [9.17, 15) is 0 Å². The molecule has 2 heterocycles. The lowest BCUT2D eigenvalue weighted by molar-refractivity contribution is 0.0842. The zero-order chi connectivity index (χ0) is 14.2. The summed E-state index contributed by atoms with van der Waals surface area (Å²) >= 11 is 3.64. The molecule has 0 radical (unpaired) electrons. The van der Waals surface area contributed by atoms with Crippen LogP contribution in [0.2, 0.25) is 0 Å². The lowest BCUT2D eigenvalue weighted by Crippen LogP contribution is -2.32. The van der Waals surface area contributed by atoms with Crippen molar-refractivity contribution >= 4 is 15.9 Å². The molecule has 0 spiro atoms. The molecule has 0 N–H and O–H groups in total. The van der Waals surface area contributed by atoms with E-state index in [4.69, 9.17) is 9.47 Å². The van der Waals surface area contributed by atoms with E-state index in [1.165, 1.54) is 5.56 Å². The highest BCUT2D eigenvalue weighted by molar-refractivity contribution is 9.10. The minimum Gasteiger partial charge on any atom is -0.488 e. The van der Waals surface area contributed by atoms with Gasteiger partial charge in [0.2, 0.25) is 0 Å². The van der Waals surface area contributed by atoms with Crippen LogP contribution in [0.3, 0.4) is 0 Å². The first kappa shape index (κ1) is 13.4. The average molecular weight is 334 g/mol. The molecule has 0 aliphatic carbocycles. The number of pyridine rings is 1. The molecule has 1 aromatic heterocycles. The van der Waals surface area contributed by atoms with Gasteiger partial charge in [-0.05, 0) is 66.9 Å². The van der Waals surface area contributed by atoms with Crippen LogP contribution >= 0.6 is 15.9 Å². The van der Waals surface area contributed by atoms with Gasteiger partial charge in [-0.2, -0.15) is 0 Å². The van der Waals surface area contributed by atoms with Crippen LogP contribution in [0.5, 0.6) is 17.2 Å². The second-order valence-corrected chi connectivity index (χ2v) is 6.29. The van der Waals surface area contributed by atoms with Crippen molar-refractivity contribution in [1.82, 2.24) is 4.98 Å². The van der Waals surface area contributed by atoms with Crippen molar-refractivity contribution in [3.8, 4) is 17.2 Å². The van der Waals surface area contributed by atoms with Gasteiger partial charge in [0.25, 0.3) is 0 Å². The number of benzene rings is 1. The minimum atomic E-state index is -0.0973. The lowest BCUT2D eigenvalue weighted by atomic mass is 9.94. The Morgan fingerprint density at radius 2 is 1.95 bits per heavy atom. The first-order valence-electron chi connectivity index (χ1n) is 6.63. The second-order valence-electron chi connectivity index (χ2n) is 5.50. The van der Waals surface area contributed by atoms with Crippen molar-refractivity contribution in [1.29, 1.82) is 0 Å². The van der Waals surface area contributed by atoms with Gasteiger partial charge in [-0.3, -0.25) is 4.98 Å². The number of aromatic nitrogens is 1. The summed E-state index contributed by atoms with van der Waals surface area (Å²) in [5.74, 6) is 2.52. The molecule has 0 saturated carbocycles. The summed E-state index contributed by atoms with van der Waals surface area (Å²) in [5, 5.41) is 0. The maximum Gasteiger partial charge on any atom is 0.142 e. The first-order valence-corrected chi connectivity index (χ1v) is 7.43. The van der Waals surface area contributed by atoms with Crippen LogP contribution in [-0.4, -0.2) is 10.6 Å². The van der Waals surface area contributed by atoms with Gasteiger partial charge in [-0.1, -0.05) is 0 Å². The quantitative estimate of drug-likeness (QED) is 0.795. The van der Waals surface area contributed by atoms with Crippen LogP contribution < -0.4 is 9.47 Å². The Morgan fingerprint density at radius 3 is 2.70 bits per heavy atom. The molecule has 104 valence electrons. The molecule has 3 rings (SSSR count). The van der Waals surface area contributed by atoms with Gasteiger partial charge in [0.1, 0.15) is 22.8 Å². The van der Waals surface area contributed by atoms with E-state index < -0.39 is 0 Å². The fourth-order valence-corrected chi connectivity index (χ4v) is 2.90. The van der Waals surface area contributed by atoms with Gasteiger partial charge < -0.3 is 9.47 Å². The molecule has 0 unspecified atom stereocenters. The Labute approximate surface area is 127 Å². The van der Waals surface area contributed by atoms with Crippen molar-refractivity contribution in [2.75, 3.05) is 0 Å². The van der Waals surface area contributed by atoms with Crippen molar-refractivity contribution in [3.05, 3.63) is 46.7 Å². The predicted molar refractivity (Wildman–Crippen MR) is 81.5 cm³/mol. The van der Waals surface area contributed by atoms with Crippen molar-refractivity contribution in [3.63, 3.8) is 0 Å². The van der Waals surface area contributed by atoms with Crippen LogP contribution in [0.25, 0.3) is 0 Å². The number of nitrogens with zero attached hydrogens (tertiary/aromatic N) is 1. The van der Waals surface area contributed by atoms with Gasteiger partial charge in [-0.15, -0.1) is 0 Å². The number of hydrogen-bond donors (Lipinski definition) is 0. The Hall–Kier alpha value is -1.55. The second kappa shape index (κ2) is 5.09.